The van der Waals surface area contributed by atoms with E-state index in [1.165, 1.54) is 6.92 Å². The highest BCUT2D eigenvalue weighted by molar-refractivity contribution is 5.87. The molecule has 0 N–H and O–H groups in total. The predicted octanol–water partition coefficient (Wildman–Crippen LogP) is 4.26. The molecular formula is C15H12F3NO. The summed E-state index contributed by atoms with van der Waals surface area (Å²) in [6.45, 7) is 1.45. The molecule has 0 aliphatic carbocycles. The average molecular weight is 279 g/mol. The van der Waals surface area contributed by atoms with Gasteiger partial charge in [0, 0.05) is 12.5 Å². The number of benzene rings is 2. The molecule has 3 rings (SSSR count). The van der Waals surface area contributed by atoms with Gasteiger partial charge in [-0.15, -0.1) is 0 Å². The smallest absolute Gasteiger partial charge is 0.414 e. The molecule has 0 aromatic heterocycles. The van der Waals surface area contributed by atoms with Gasteiger partial charge < -0.3 is 4.74 Å². The number of alkyl halides is 3. The topological polar surface area (TPSA) is 21.6 Å². The van der Waals surface area contributed by atoms with Crippen molar-refractivity contribution in [3.8, 4) is 0 Å². The monoisotopic (exact) mass is 279 g/mol. The molecular weight excluding hydrogens is 267 g/mol. The highest BCUT2D eigenvalue weighted by Crippen LogP contribution is 2.41. The molecule has 1 aliphatic rings. The van der Waals surface area contributed by atoms with E-state index in [0.29, 0.717) is 5.56 Å². The lowest BCUT2D eigenvalue weighted by molar-refractivity contribution is -0.160. The highest BCUT2D eigenvalue weighted by Gasteiger charge is 2.50. The number of nitrogens with zero attached hydrogens (tertiary/aromatic N) is 1. The lowest BCUT2D eigenvalue weighted by atomic mass is 9.96. The first-order valence-corrected chi connectivity index (χ1v) is 6.22. The van der Waals surface area contributed by atoms with Crippen molar-refractivity contribution in [1.29, 1.82) is 0 Å². The summed E-state index contributed by atoms with van der Waals surface area (Å²) in [6, 6.07) is 10.8. The van der Waals surface area contributed by atoms with Crippen LogP contribution in [-0.2, 0) is 4.74 Å². The van der Waals surface area contributed by atoms with Crippen LogP contribution in [-0.4, -0.2) is 18.1 Å². The number of halogens is 3. The van der Waals surface area contributed by atoms with Gasteiger partial charge in [-0.3, -0.25) is 0 Å². The van der Waals surface area contributed by atoms with Crippen LogP contribution in [0.4, 0.5) is 13.2 Å². The molecule has 0 saturated carbocycles. The average Bonchev–Trinajstić information content (AvgIpc) is 2.80. The van der Waals surface area contributed by atoms with Crippen LogP contribution in [0.25, 0.3) is 10.8 Å². The number of hydrogen-bond donors (Lipinski definition) is 0. The first-order valence-electron chi connectivity index (χ1n) is 6.22. The SMILES string of the molecule is CC1=NC(C(F)(F)F)C(c2cccc3ccccc23)O1. The molecule has 2 aromatic rings. The van der Waals surface area contributed by atoms with Crippen LogP contribution >= 0.6 is 0 Å². The zero-order valence-electron chi connectivity index (χ0n) is 10.7. The Bertz CT molecular complexity index is 673. The molecule has 0 fully saturated rings. The summed E-state index contributed by atoms with van der Waals surface area (Å²) < 4.78 is 44.6. The third-order valence-corrected chi connectivity index (χ3v) is 3.37. The van der Waals surface area contributed by atoms with Crippen LogP contribution in [0.3, 0.4) is 0 Å². The van der Waals surface area contributed by atoms with E-state index in [-0.39, 0.29) is 5.90 Å². The second-order valence-electron chi connectivity index (χ2n) is 4.74. The van der Waals surface area contributed by atoms with E-state index in [1.54, 1.807) is 24.3 Å². The maximum Gasteiger partial charge on any atom is 0.414 e. The van der Waals surface area contributed by atoms with Gasteiger partial charge in [0.15, 0.2) is 18.0 Å². The zero-order chi connectivity index (χ0) is 14.3. The van der Waals surface area contributed by atoms with E-state index in [9.17, 15) is 13.2 Å². The molecule has 1 heterocycles. The Morgan fingerprint density at radius 2 is 1.75 bits per heavy atom. The van der Waals surface area contributed by atoms with Gasteiger partial charge in [-0.2, -0.15) is 13.2 Å². The summed E-state index contributed by atoms with van der Waals surface area (Å²) in [7, 11) is 0. The van der Waals surface area contributed by atoms with Crippen molar-refractivity contribution in [2.45, 2.75) is 25.2 Å². The molecule has 0 bridgehead atoms. The molecule has 0 saturated heterocycles. The van der Waals surface area contributed by atoms with Crippen LogP contribution < -0.4 is 0 Å². The Morgan fingerprint density at radius 1 is 1.05 bits per heavy atom. The molecule has 0 spiro atoms. The van der Waals surface area contributed by atoms with Crippen LogP contribution in [0.1, 0.15) is 18.6 Å². The fourth-order valence-corrected chi connectivity index (χ4v) is 2.52. The van der Waals surface area contributed by atoms with Crippen LogP contribution in [0.15, 0.2) is 47.5 Å². The van der Waals surface area contributed by atoms with Crippen LogP contribution in [0.2, 0.25) is 0 Å². The maximum absolute atomic E-state index is 13.1. The van der Waals surface area contributed by atoms with E-state index in [1.807, 2.05) is 18.2 Å². The number of aliphatic imine (C=N–C) groups is 1. The lowest BCUT2D eigenvalue weighted by Gasteiger charge is -2.21. The molecule has 5 heteroatoms. The van der Waals surface area contributed by atoms with Crippen molar-refractivity contribution in [3.63, 3.8) is 0 Å². The first-order chi connectivity index (χ1) is 9.47. The highest BCUT2D eigenvalue weighted by atomic mass is 19.4. The van der Waals surface area contributed by atoms with Gasteiger partial charge >= 0.3 is 6.18 Å². The lowest BCUT2D eigenvalue weighted by Crippen LogP contribution is -2.31. The summed E-state index contributed by atoms with van der Waals surface area (Å²) in [5, 5.41) is 1.65. The van der Waals surface area contributed by atoms with E-state index in [4.69, 9.17) is 4.74 Å². The van der Waals surface area contributed by atoms with Crippen LogP contribution in [0.5, 0.6) is 0 Å². The van der Waals surface area contributed by atoms with Gasteiger partial charge in [0.1, 0.15) is 0 Å². The predicted molar refractivity (Wildman–Crippen MR) is 70.7 cm³/mol. The normalized spacial score (nSPS) is 22.7. The van der Waals surface area contributed by atoms with Gasteiger partial charge in [-0.1, -0.05) is 42.5 Å². The van der Waals surface area contributed by atoms with Crippen molar-refractivity contribution < 1.29 is 17.9 Å². The largest absolute Gasteiger partial charge is 0.471 e. The molecule has 0 amide bonds. The summed E-state index contributed by atoms with van der Waals surface area (Å²) >= 11 is 0. The Hall–Kier alpha value is -2.04. The van der Waals surface area contributed by atoms with Crippen LogP contribution in [0, 0.1) is 0 Å². The minimum absolute atomic E-state index is 0.0743. The molecule has 2 nitrogen and oxygen atoms in total. The fourth-order valence-electron chi connectivity index (χ4n) is 2.52. The van der Waals surface area contributed by atoms with Gasteiger partial charge in [-0.25, -0.2) is 4.99 Å². The molecule has 20 heavy (non-hydrogen) atoms. The second-order valence-corrected chi connectivity index (χ2v) is 4.74. The molecule has 0 radical (unpaired) electrons. The standard InChI is InChI=1S/C15H12F3NO/c1-9-19-14(15(16,17)18)13(20-9)12-8-4-6-10-5-2-3-7-11(10)12/h2-8,13-14H,1H3. The third-order valence-electron chi connectivity index (χ3n) is 3.37. The van der Waals surface area contributed by atoms with Crippen molar-refractivity contribution in [2.75, 3.05) is 0 Å². The number of fused-ring (bicyclic) bond motifs is 1. The minimum atomic E-state index is -4.42. The van der Waals surface area contributed by atoms with Gasteiger partial charge in [-0.05, 0) is 10.8 Å². The summed E-state index contributed by atoms with van der Waals surface area (Å²) in [5.74, 6) is 0.0743. The summed E-state index contributed by atoms with van der Waals surface area (Å²) in [5.41, 5.74) is 0.519. The quantitative estimate of drug-likeness (QED) is 0.764. The van der Waals surface area contributed by atoms with Crippen molar-refractivity contribution in [1.82, 2.24) is 0 Å². The molecule has 2 aromatic carbocycles. The van der Waals surface area contributed by atoms with Gasteiger partial charge in [0.05, 0.1) is 0 Å². The van der Waals surface area contributed by atoms with E-state index in [0.717, 1.165) is 10.8 Å². The van der Waals surface area contributed by atoms with Gasteiger partial charge in [0.2, 0.25) is 0 Å². The van der Waals surface area contributed by atoms with Crippen molar-refractivity contribution >= 4 is 16.7 Å². The third kappa shape index (κ3) is 2.13. The summed E-state index contributed by atoms with van der Waals surface area (Å²) in [6.07, 6.45) is -5.53. The Balaban J connectivity index is 2.12. The van der Waals surface area contributed by atoms with Gasteiger partial charge in [0.25, 0.3) is 0 Å². The maximum atomic E-state index is 13.1. The van der Waals surface area contributed by atoms with E-state index in [2.05, 4.69) is 4.99 Å². The molecule has 2 atom stereocenters. The molecule has 1 aliphatic heterocycles. The van der Waals surface area contributed by atoms with E-state index < -0.39 is 18.3 Å². The second kappa shape index (κ2) is 4.51. The Kier molecular flexibility index (Phi) is 2.92. The van der Waals surface area contributed by atoms with E-state index >= 15 is 0 Å². The molecule has 104 valence electrons. The number of ether oxygens (including phenoxy) is 1. The molecule has 2 unspecified atom stereocenters. The Labute approximate surface area is 113 Å². The minimum Gasteiger partial charge on any atom is -0.471 e. The first kappa shape index (κ1) is 13.0. The summed E-state index contributed by atoms with van der Waals surface area (Å²) in [4.78, 5) is 3.59. The number of hydrogen-bond acceptors (Lipinski definition) is 2. The van der Waals surface area contributed by atoms with Crippen molar-refractivity contribution in [3.05, 3.63) is 48.0 Å². The zero-order valence-corrected chi connectivity index (χ0v) is 10.7. The number of rotatable bonds is 1. The Morgan fingerprint density at radius 3 is 2.50 bits per heavy atom. The van der Waals surface area contributed by atoms with Crippen molar-refractivity contribution in [2.24, 2.45) is 4.99 Å². The fraction of sp³-hybridized carbons (Fsp3) is 0.267.